The average molecular weight is 304 g/mol. The summed E-state index contributed by atoms with van der Waals surface area (Å²) in [5.74, 6) is 6.20. The zero-order valence-corrected chi connectivity index (χ0v) is 14.7. The Morgan fingerprint density at radius 3 is 2.50 bits per heavy atom. The first-order chi connectivity index (χ1) is 10.2. The van der Waals surface area contributed by atoms with Gasteiger partial charge in [0.1, 0.15) is 5.60 Å². The molecule has 124 valence electrons. The molecule has 0 heterocycles. The van der Waals surface area contributed by atoms with Gasteiger partial charge in [0.05, 0.1) is 6.10 Å². The van der Waals surface area contributed by atoms with Gasteiger partial charge in [-0.25, -0.2) is 0 Å². The van der Waals surface area contributed by atoms with Crippen molar-refractivity contribution in [3.05, 3.63) is 11.6 Å². The van der Waals surface area contributed by atoms with E-state index in [1.165, 1.54) is 24.8 Å². The minimum absolute atomic E-state index is 0.126. The predicted octanol–water partition coefficient (Wildman–Crippen LogP) is 4.21. The third-order valence-corrected chi connectivity index (χ3v) is 5.26. The highest BCUT2D eigenvalue weighted by Gasteiger charge is 2.51. The van der Waals surface area contributed by atoms with Crippen molar-refractivity contribution in [2.75, 3.05) is 0 Å². The van der Waals surface area contributed by atoms with Gasteiger partial charge in [-0.3, -0.25) is 0 Å². The molecule has 22 heavy (non-hydrogen) atoms. The molecule has 0 radical (unpaired) electrons. The maximum atomic E-state index is 10.1. The van der Waals surface area contributed by atoms with Gasteiger partial charge in [0.2, 0.25) is 0 Å². The fourth-order valence-corrected chi connectivity index (χ4v) is 4.13. The molecule has 2 N–H and O–H groups in total. The summed E-state index contributed by atoms with van der Waals surface area (Å²) in [6.07, 6.45) is 10.7. The van der Waals surface area contributed by atoms with E-state index in [4.69, 9.17) is 0 Å². The summed E-state index contributed by atoms with van der Waals surface area (Å²) in [7, 11) is 0. The highest BCUT2D eigenvalue weighted by atomic mass is 16.3. The SMILES string of the molecule is CC/C=C(/C1(CC#CC(C)(C)O)CC1)[C@@]1(C)CCC[C@H](O)C1. The first kappa shape index (κ1) is 17.6. The Labute approximate surface area is 136 Å². The van der Waals surface area contributed by atoms with E-state index in [9.17, 15) is 10.2 Å². The van der Waals surface area contributed by atoms with Crippen LogP contribution in [0.5, 0.6) is 0 Å². The highest BCUT2D eigenvalue weighted by molar-refractivity contribution is 5.32. The van der Waals surface area contributed by atoms with Crippen LogP contribution < -0.4 is 0 Å². The van der Waals surface area contributed by atoms with E-state index >= 15 is 0 Å². The van der Waals surface area contributed by atoms with Crippen LogP contribution in [0.1, 0.15) is 79.1 Å². The normalized spacial score (nSPS) is 31.4. The molecule has 2 nitrogen and oxygen atoms in total. The second-order valence-electron chi connectivity index (χ2n) is 8.15. The standard InChI is InChI=1S/C20H32O2/c1-5-8-17(19(4)11-6-9-16(21)15-19)20(13-14-20)12-7-10-18(2,3)22/h8,16,21-22H,5-6,9,11-15H2,1-4H3/b17-8+/t16-,19-/m0/s1. The number of aliphatic hydroxyl groups excluding tert-OH is 1. The van der Waals surface area contributed by atoms with E-state index < -0.39 is 5.60 Å². The summed E-state index contributed by atoms with van der Waals surface area (Å²) in [6, 6.07) is 0. The van der Waals surface area contributed by atoms with Gasteiger partial charge >= 0.3 is 0 Å². The molecule has 2 aliphatic carbocycles. The molecule has 2 heteroatoms. The van der Waals surface area contributed by atoms with Crippen molar-refractivity contribution in [3.63, 3.8) is 0 Å². The van der Waals surface area contributed by atoms with Crippen LogP contribution in [0, 0.1) is 22.7 Å². The van der Waals surface area contributed by atoms with Crippen molar-refractivity contribution < 1.29 is 10.2 Å². The molecule has 0 bridgehead atoms. The zero-order chi connectivity index (χ0) is 16.4. The Kier molecular flexibility index (Phi) is 5.09. The van der Waals surface area contributed by atoms with Gasteiger partial charge in [0.25, 0.3) is 0 Å². The van der Waals surface area contributed by atoms with Crippen LogP contribution >= 0.6 is 0 Å². The fraction of sp³-hybridized carbons (Fsp3) is 0.800. The second kappa shape index (κ2) is 6.38. The van der Waals surface area contributed by atoms with Gasteiger partial charge in [-0.15, -0.1) is 0 Å². The molecule has 0 aromatic heterocycles. The highest BCUT2D eigenvalue weighted by Crippen LogP contribution is 2.62. The minimum Gasteiger partial charge on any atom is -0.393 e. The molecule has 2 rings (SSSR count). The van der Waals surface area contributed by atoms with Gasteiger partial charge < -0.3 is 10.2 Å². The van der Waals surface area contributed by atoms with E-state index in [1.807, 2.05) is 0 Å². The van der Waals surface area contributed by atoms with Crippen molar-refractivity contribution in [2.45, 2.75) is 90.8 Å². The number of hydrogen-bond donors (Lipinski definition) is 2. The van der Waals surface area contributed by atoms with E-state index in [0.29, 0.717) is 0 Å². The Balaban J connectivity index is 2.20. The van der Waals surface area contributed by atoms with Gasteiger partial charge in [-0.1, -0.05) is 43.8 Å². The number of hydrogen-bond acceptors (Lipinski definition) is 2. The van der Waals surface area contributed by atoms with Crippen molar-refractivity contribution in [1.82, 2.24) is 0 Å². The largest absolute Gasteiger partial charge is 0.393 e. The minimum atomic E-state index is -0.907. The van der Waals surface area contributed by atoms with Gasteiger partial charge in [0.15, 0.2) is 0 Å². The summed E-state index contributed by atoms with van der Waals surface area (Å²) in [5.41, 5.74) is 0.960. The smallest absolute Gasteiger partial charge is 0.119 e. The Morgan fingerprint density at radius 2 is 2.00 bits per heavy atom. The van der Waals surface area contributed by atoms with Gasteiger partial charge in [0, 0.05) is 11.8 Å². The summed E-state index contributed by atoms with van der Waals surface area (Å²) < 4.78 is 0. The Morgan fingerprint density at radius 1 is 1.32 bits per heavy atom. The van der Waals surface area contributed by atoms with Gasteiger partial charge in [-0.05, 0) is 57.8 Å². The van der Waals surface area contributed by atoms with Crippen LogP contribution in [0.3, 0.4) is 0 Å². The molecular formula is C20H32O2. The predicted molar refractivity (Wildman–Crippen MR) is 91.3 cm³/mol. The van der Waals surface area contributed by atoms with Crippen LogP contribution in [-0.4, -0.2) is 21.9 Å². The zero-order valence-electron chi connectivity index (χ0n) is 14.7. The van der Waals surface area contributed by atoms with Crippen molar-refractivity contribution >= 4 is 0 Å². The first-order valence-electron chi connectivity index (χ1n) is 8.82. The molecule has 2 saturated carbocycles. The molecular weight excluding hydrogens is 272 g/mol. The lowest BCUT2D eigenvalue weighted by molar-refractivity contribution is 0.0681. The van der Waals surface area contributed by atoms with E-state index in [-0.39, 0.29) is 16.9 Å². The summed E-state index contributed by atoms with van der Waals surface area (Å²) in [5, 5.41) is 19.9. The topological polar surface area (TPSA) is 40.5 Å². The molecule has 0 amide bonds. The Hall–Kier alpha value is -0.780. The molecule has 0 aromatic rings. The molecule has 0 aromatic carbocycles. The maximum absolute atomic E-state index is 10.1. The lowest BCUT2D eigenvalue weighted by atomic mass is 9.64. The van der Waals surface area contributed by atoms with Crippen molar-refractivity contribution in [3.8, 4) is 11.8 Å². The Bertz CT molecular complexity index is 482. The monoisotopic (exact) mass is 304 g/mol. The lowest BCUT2D eigenvalue weighted by Gasteiger charge is -2.42. The third kappa shape index (κ3) is 4.15. The van der Waals surface area contributed by atoms with E-state index in [0.717, 1.165) is 32.1 Å². The van der Waals surface area contributed by atoms with Crippen LogP contribution in [0.25, 0.3) is 0 Å². The van der Waals surface area contributed by atoms with Crippen molar-refractivity contribution in [1.29, 1.82) is 0 Å². The third-order valence-electron chi connectivity index (χ3n) is 5.26. The van der Waals surface area contributed by atoms with Gasteiger partial charge in [-0.2, -0.15) is 0 Å². The maximum Gasteiger partial charge on any atom is 0.119 e. The molecule has 0 aliphatic heterocycles. The summed E-state index contributed by atoms with van der Waals surface area (Å²) in [6.45, 7) is 8.00. The number of allylic oxidation sites excluding steroid dienone is 2. The molecule has 2 atom stereocenters. The van der Waals surface area contributed by atoms with Crippen LogP contribution in [0.4, 0.5) is 0 Å². The average Bonchev–Trinajstić information content (AvgIpc) is 3.14. The molecule has 2 aliphatic rings. The fourth-order valence-electron chi connectivity index (χ4n) is 4.13. The molecule has 2 fully saturated rings. The molecule has 0 spiro atoms. The van der Waals surface area contributed by atoms with Crippen LogP contribution in [0.15, 0.2) is 11.6 Å². The lowest BCUT2D eigenvalue weighted by Crippen LogP contribution is -2.33. The van der Waals surface area contributed by atoms with Crippen LogP contribution in [0.2, 0.25) is 0 Å². The van der Waals surface area contributed by atoms with E-state index in [2.05, 4.69) is 31.8 Å². The second-order valence-corrected chi connectivity index (χ2v) is 8.15. The quantitative estimate of drug-likeness (QED) is 0.603. The first-order valence-corrected chi connectivity index (χ1v) is 8.82. The molecule has 0 saturated heterocycles. The number of aliphatic hydroxyl groups is 2. The van der Waals surface area contributed by atoms with E-state index in [1.54, 1.807) is 13.8 Å². The van der Waals surface area contributed by atoms with Crippen LogP contribution in [-0.2, 0) is 0 Å². The summed E-state index contributed by atoms with van der Waals surface area (Å²) >= 11 is 0. The number of rotatable bonds is 4. The molecule has 0 unspecified atom stereocenters. The summed E-state index contributed by atoms with van der Waals surface area (Å²) in [4.78, 5) is 0. The van der Waals surface area contributed by atoms with Crippen molar-refractivity contribution in [2.24, 2.45) is 10.8 Å².